The van der Waals surface area contributed by atoms with Crippen LogP contribution in [-0.4, -0.2) is 23.6 Å². The summed E-state index contributed by atoms with van der Waals surface area (Å²) in [5.74, 6) is 1.26. The van der Waals surface area contributed by atoms with Gasteiger partial charge in [-0.05, 0) is 24.6 Å². The third-order valence-electron chi connectivity index (χ3n) is 3.17. The summed E-state index contributed by atoms with van der Waals surface area (Å²) in [7, 11) is -3.46. The number of nitrogens with one attached hydrogen (secondary N) is 2. The highest BCUT2D eigenvalue weighted by Gasteiger charge is 2.14. The molecule has 0 spiro atoms. The lowest BCUT2D eigenvalue weighted by Gasteiger charge is -2.06. The predicted molar refractivity (Wildman–Crippen MR) is 84.7 cm³/mol. The minimum atomic E-state index is -3.46. The number of rotatable bonds is 6. The van der Waals surface area contributed by atoms with Crippen LogP contribution < -0.4 is 4.72 Å². The molecule has 23 heavy (non-hydrogen) atoms. The van der Waals surface area contributed by atoms with E-state index in [0.717, 1.165) is 11.1 Å². The first-order valence-electron chi connectivity index (χ1n) is 7.00. The minimum absolute atomic E-state index is 0.0435. The third kappa shape index (κ3) is 4.05. The summed E-state index contributed by atoms with van der Waals surface area (Å²) in [5.41, 5.74) is 1.77. The molecule has 2 aromatic heterocycles. The fourth-order valence-corrected chi connectivity index (χ4v) is 3.22. The molecule has 0 aliphatic rings. The maximum Gasteiger partial charge on any atom is 0.216 e. The van der Waals surface area contributed by atoms with E-state index in [0.29, 0.717) is 17.4 Å². The molecule has 8 heteroatoms. The summed E-state index contributed by atoms with van der Waals surface area (Å²) in [5, 5.41) is 6.68. The summed E-state index contributed by atoms with van der Waals surface area (Å²) >= 11 is 0. The zero-order chi connectivity index (χ0) is 16.3. The number of benzene rings is 1. The summed E-state index contributed by atoms with van der Waals surface area (Å²) in [6.07, 6.45) is 1.52. The third-order valence-corrected chi connectivity index (χ3v) is 4.47. The van der Waals surface area contributed by atoms with Crippen molar-refractivity contribution >= 4 is 10.0 Å². The number of aromatic nitrogens is 3. The van der Waals surface area contributed by atoms with E-state index in [1.54, 1.807) is 18.2 Å². The molecule has 0 saturated carbocycles. The number of furan rings is 1. The van der Waals surface area contributed by atoms with Gasteiger partial charge in [-0.2, -0.15) is 0 Å². The van der Waals surface area contributed by atoms with Crippen molar-refractivity contribution in [2.24, 2.45) is 0 Å². The van der Waals surface area contributed by atoms with Crippen molar-refractivity contribution in [1.29, 1.82) is 0 Å². The van der Waals surface area contributed by atoms with Crippen LogP contribution in [0.4, 0.5) is 0 Å². The van der Waals surface area contributed by atoms with Crippen LogP contribution in [0.25, 0.3) is 11.6 Å². The van der Waals surface area contributed by atoms with Crippen molar-refractivity contribution < 1.29 is 12.8 Å². The van der Waals surface area contributed by atoms with E-state index in [2.05, 4.69) is 19.9 Å². The monoisotopic (exact) mass is 332 g/mol. The van der Waals surface area contributed by atoms with Crippen LogP contribution in [0.5, 0.6) is 0 Å². The molecule has 0 amide bonds. The molecule has 0 aliphatic carbocycles. The molecule has 0 atom stereocenters. The van der Waals surface area contributed by atoms with Crippen molar-refractivity contribution in [3.8, 4) is 11.6 Å². The Morgan fingerprint density at radius 2 is 2.13 bits per heavy atom. The predicted octanol–water partition coefficient (Wildman–Crippen LogP) is 1.99. The van der Waals surface area contributed by atoms with Crippen molar-refractivity contribution in [2.45, 2.75) is 19.2 Å². The molecule has 2 N–H and O–H groups in total. The number of aryl methyl sites for hydroxylation is 1. The van der Waals surface area contributed by atoms with Crippen LogP contribution in [0.1, 0.15) is 17.0 Å². The van der Waals surface area contributed by atoms with Gasteiger partial charge in [0.2, 0.25) is 15.8 Å². The van der Waals surface area contributed by atoms with E-state index in [4.69, 9.17) is 4.42 Å². The van der Waals surface area contributed by atoms with Crippen LogP contribution in [-0.2, 0) is 22.3 Å². The van der Waals surface area contributed by atoms with Crippen molar-refractivity contribution in [3.05, 3.63) is 59.6 Å². The summed E-state index contributed by atoms with van der Waals surface area (Å²) in [6.45, 7) is 1.97. The van der Waals surface area contributed by atoms with Crippen molar-refractivity contribution in [2.75, 3.05) is 0 Å². The lowest BCUT2D eigenvalue weighted by atomic mass is 10.2. The van der Waals surface area contributed by atoms with E-state index in [-0.39, 0.29) is 12.3 Å². The normalized spacial score (nSPS) is 11.7. The standard InChI is InChI=1S/C15H16N4O3S/c1-11-4-2-5-12(8-11)10-23(20,21)16-9-14-17-15(19-18-14)13-6-3-7-22-13/h2-8,16H,9-10H2,1H3,(H,17,18,19). The van der Waals surface area contributed by atoms with Gasteiger partial charge in [0.05, 0.1) is 18.6 Å². The van der Waals surface area contributed by atoms with E-state index < -0.39 is 10.0 Å². The first-order valence-corrected chi connectivity index (χ1v) is 8.65. The van der Waals surface area contributed by atoms with Gasteiger partial charge < -0.3 is 4.42 Å². The smallest absolute Gasteiger partial charge is 0.216 e. The van der Waals surface area contributed by atoms with Gasteiger partial charge in [-0.1, -0.05) is 29.8 Å². The van der Waals surface area contributed by atoms with E-state index in [1.165, 1.54) is 6.26 Å². The molecule has 0 unspecified atom stereocenters. The lowest BCUT2D eigenvalue weighted by molar-refractivity contribution is 0.577. The average molecular weight is 332 g/mol. The van der Waals surface area contributed by atoms with Crippen molar-refractivity contribution in [1.82, 2.24) is 19.9 Å². The highest BCUT2D eigenvalue weighted by Crippen LogP contribution is 2.14. The quantitative estimate of drug-likeness (QED) is 0.719. The van der Waals surface area contributed by atoms with Crippen LogP contribution in [0.2, 0.25) is 0 Å². The molecule has 0 fully saturated rings. The van der Waals surface area contributed by atoms with E-state index >= 15 is 0 Å². The highest BCUT2D eigenvalue weighted by atomic mass is 32.2. The molecule has 7 nitrogen and oxygen atoms in total. The van der Waals surface area contributed by atoms with Crippen LogP contribution in [0.3, 0.4) is 0 Å². The molecule has 1 aromatic carbocycles. The molecule has 0 radical (unpaired) electrons. The average Bonchev–Trinajstić information content (AvgIpc) is 3.16. The van der Waals surface area contributed by atoms with Gasteiger partial charge >= 0.3 is 0 Å². The Morgan fingerprint density at radius 3 is 2.87 bits per heavy atom. The number of hydrogen-bond donors (Lipinski definition) is 2. The van der Waals surface area contributed by atoms with Gasteiger partial charge in [0.25, 0.3) is 0 Å². The Kier molecular flexibility index (Phi) is 4.26. The molecule has 3 aromatic rings. The van der Waals surface area contributed by atoms with Gasteiger partial charge in [-0.25, -0.2) is 18.1 Å². The number of H-pyrrole nitrogens is 1. The zero-order valence-electron chi connectivity index (χ0n) is 12.5. The van der Waals surface area contributed by atoms with Crippen LogP contribution >= 0.6 is 0 Å². The second kappa shape index (κ2) is 6.35. The maximum atomic E-state index is 12.1. The Hall–Kier alpha value is -2.45. The molecule has 0 aliphatic heterocycles. The fourth-order valence-electron chi connectivity index (χ4n) is 2.14. The molecule has 0 saturated heterocycles. The largest absolute Gasteiger partial charge is 0.461 e. The minimum Gasteiger partial charge on any atom is -0.461 e. The molecule has 3 rings (SSSR count). The van der Waals surface area contributed by atoms with Gasteiger partial charge in [-0.3, -0.25) is 5.10 Å². The Labute approximate surface area is 133 Å². The van der Waals surface area contributed by atoms with Gasteiger partial charge in [0.15, 0.2) is 5.76 Å². The summed E-state index contributed by atoms with van der Waals surface area (Å²) in [6, 6.07) is 10.9. The van der Waals surface area contributed by atoms with Gasteiger partial charge in [0, 0.05) is 0 Å². The Morgan fingerprint density at radius 1 is 1.26 bits per heavy atom. The molecule has 2 heterocycles. The summed E-state index contributed by atoms with van der Waals surface area (Å²) < 4.78 is 32.0. The first-order chi connectivity index (χ1) is 11.0. The number of sulfonamides is 1. The SMILES string of the molecule is Cc1cccc(CS(=O)(=O)NCc2nc(-c3ccco3)n[nH]2)c1. The Bertz CT molecular complexity index is 885. The van der Waals surface area contributed by atoms with Crippen LogP contribution in [0.15, 0.2) is 47.1 Å². The molecule has 120 valence electrons. The first kappa shape index (κ1) is 15.4. The van der Waals surface area contributed by atoms with E-state index in [1.807, 2.05) is 25.1 Å². The topological polar surface area (TPSA) is 101 Å². The number of aromatic amines is 1. The lowest BCUT2D eigenvalue weighted by Crippen LogP contribution is -2.25. The molecule has 0 bridgehead atoms. The van der Waals surface area contributed by atoms with E-state index in [9.17, 15) is 8.42 Å². The fraction of sp³-hybridized carbons (Fsp3) is 0.200. The summed E-state index contributed by atoms with van der Waals surface area (Å²) in [4.78, 5) is 4.19. The second-order valence-electron chi connectivity index (χ2n) is 5.15. The maximum absolute atomic E-state index is 12.1. The van der Waals surface area contributed by atoms with Crippen molar-refractivity contribution in [3.63, 3.8) is 0 Å². The molecular formula is C15H16N4O3S. The van der Waals surface area contributed by atoms with Gasteiger partial charge in [-0.15, -0.1) is 5.10 Å². The molecular weight excluding hydrogens is 316 g/mol. The zero-order valence-corrected chi connectivity index (χ0v) is 13.3. The number of hydrogen-bond acceptors (Lipinski definition) is 5. The highest BCUT2D eigenvalue weighted by molar-refractivity contribution is 7.88. The van der Waals surface area contributed by atoms with Gasteiger partial charge in [0.1, 0.15) is 5.82 Å². The number of nitrogens with zero attached hydrogens (tertiary/aromatic N) is 2. The second-order valence-corrected chi connectivity index (χ2v) is 6.96. The Balaban J connectivity index is 1.63. The van der Waals surface area contributed by atoms with Crippen LogP contribution in [0, 0.1) is 6.92 Å².